The van der Waals surface area contributed by atoms with Gasteiger partial charge in [-0.2, -0.15) is 0 Å². The molecule has 12 heteroatoms. The van der Waals surface area contributed by atoms with Crippen molar-refractivity contribution in [1.82, 2.24) is 0 Å². The van der Waals surface area contributed by atoms with Crippen molar-refractivity contribution in [2.24, 2.45) is 0 Å². The van der Waals surface area contributed by atoms with Crippen molar-refractivity contribution < 1.29 is 27.4 Å². The van der Waals surface area contributed by atoms with Gasteiger partial charge in [0.15, 0.2) is 27.7 Å². The van der Waals surface area contributed by atoms with Crippen molar-refractivity contribution in [3.63, 3.8) is 0 Å². The van der Waals surface area contributed by atoms with E-state index in [0.717, 1.165) is 33.5 Å². The predicted molar refractivity (Wildman–Crippen MR) is 329 cm³/mol. The third kappa shape index (κ3) is 15.5. The molecule has 7 rings (SSSR count). The summed E-state index contributed by atoms with van der Waals surface area (Å²) in [4.78, 5) is 13.7. The third-order valence-electron chi connectivity index (χ3n) is 13.1. The predicted octanol–water partition coefficient (Wildman–Crippen LogP) is 15.5. The first-order valence-electron chi connectivity index (χ1n) is 26.0. The molecule has 0 spiro atoms. The molecule has 7 nitrogen and oxygen atoms in total. The lowest BCUT2D eigenvalue weighted by Gasteiger charge is -2.21. The van der Waals surface area contributed by atoms with Crippen LogP contribution in [0.5, 0.6) is 11.5 Å². The zero-order valence-corrected chi connectivity index (χ0v) is 48.8. The molecule has 0 aliphatic rings. The van der Waals surface area contributed by atoms with E-state index < -0.39 is 34.1 Å². The number of halogens is 3. The first kappa shape index (κ1) is 59.3. The minimum atomic E-state index is -1.32. The number of hydrogen-bond donors (Lipinski definition) is 4. The van der Waals surface area contributed by atoms with Gasteiger partial charge in [0, 0.05) is 40.9 Å². The second-order valence-electron chi connectivity index (χ2n) is 22.5. The van der Waals surface area contributed by atoms with Gasteiger partial charge in [-0.15, -0.1) is 0 Å². The minimum absolute atomic E-state index is 0.0146. The number of rotatable bonds is 10. The van der Waals surface area contributed by atoms with Gasteiger partial charge in [0.05, 0.1) is 42.3 Å². The zero-order chi connectivity index (χ0) is 58.1. The van der Waals surface area contributed by atoms with Gasteiger partial charge in [0.1, 0.15) is 17.3 Å². The van der Waals surface area contributed by atoms with E-state index >= 15 is 13.2 Å². The second kappa shape index (κ2) is 25.2. The topological polar surface area (TPSA) is 83.7 Å². The number of Topliss-reactive ketones (excluding diaryl/α,β-unsaturated/α-hetero) is 1. The number of hydrogen-bond acceptors (Lipinski definition) is 5. The average molecular weight is 1110 g/mol. The van der Waals surface area contributed by atoms with Crippen LogP contribution in [-0.2, 0) is 33.9 Å². The molecule has 0 fully saturated rings. The molecule has 0 bridgehead atoms. The molecule has 0 radical (unpaired) electrons. The molecule has 0 aromatic heterocycles. The van der Waals surface area contributed by atoms with Gasteiger partial charge in [0.2, 0.25) is 0 Å². The van der Waals surface area contributed by atoms with Gasteiger partial charge < -0.3 is 30.7 Å². The summed E-state index contributed by atoms with van der Waals surface area (Å²) in [6.45, 7) is 20.3. The largest absolute Gasteiger partial charge is 0.497 e. The van der Waals surface area contributed by atoms with Crippen molar-refractivity contribution in [3.8, 4) is 47.0 Å². The number of methoxy groups -OCH3 is 2. The molecule has 0 atom stereocenters. The summed E-state index contributed by atoms with van der Waals surface area (Å²) in [7, 11) is 3.15. The van der Waals surface area contributed by atoms with Crippen LogP contribution >= 0.6 is 24.4 Å². The van der Waals surface area contributed by atoms with Crippen molar-refractivity contribution in [1.29, 1.82) is 0 Å². The van der Waals surface area contributed by atoms with E-state index in [1.165, 1.54) is 0 Å². The second-order valence-corrected chi connectivity index (χ2v) is 23.3. The third-order valence-corrected chi connectivity index (χ3v) is 13.5. The van der Waals surface area contributed by atoms with Crippen molar-refractivity contribution in [3.05, 3.63) is 212 Å². The molecular formula is C68H65F3N4O3S2. The Morgan fingerprint density at radius 1 is 0.463 bits per heavy atom. The Kier molecular flexibility index (Phi) is 18.7. The minimum Gasteiger partial charge on any atom is -0.497 e. The first-order valence-corrected chi connectivity index (χ1v) is 26.8. The fourth-order valence-corrected chi connectivity index (χ4v) is 8.72. The fourth-order valence-electron chi connectivity index (χ4n) is 8.27. The Morgan fingerprint density at radius 2 is 0.825 bits per heavy atom. The van der Waals surface area contributed by atoms with Crippen LogP contribution in [0, 0.1) is 59.9 Å². The van der Waals surface area contributed by atoms with Gasteiger partial charge in [-0.1, -0.05) is 152 Å². The average Bonchev–Trinajstić information content (AvgIpc) is 3.41. The number of ketones is 1. The number of nitrogens with one attached hydrogen (secondary N) is 4. The molecule has 0 heterocycles. The van der Waals surface area contributed by atoms with E-state index in [4.69, 9.17) is 33.9 Å². The van der Waals surface area contributed by atoms with Crippen LogP contribution in [0.2, 0.25) is 0 Å². The highest BCUT2D eigenvalue weighted by atomic mass is 32.1. The molecule has 7 aromatic rings. The summed E-state index contributed by atoms with van der Waals surface area (Å²) >= 11 is 11.4. The fraction of sp³-hybridized carbons (Fsp3) is 0.250. The Balaban J connectivity index is 1.39. The SMILES string of the molecule is COc1ccc(CC(=O)Cc2ccc(C(C)(C)C)cc2C#Cc2c(F)c(C#Cc3cc(C(C)(C)C)ccc3NC(=S)Nc3ccc(C)cc3)c(F)c(C#Cc3cc(C(C)(C)C)ccc3NC(=S)Nc3ccc(OC)cc3)c2F)cc1. The van der Waals surface area contributed by atoms with Crippen molar-refractivity contribution in [2.45, 2.75) is 98.3 Å². The summed E-state index contributed by atoms with van der Waals surface area (Å²) in [5.74, 6) is 14.5. The molecule has 0 amide bonds. The number of carbonyl (C=O) groups excluding carboxylic acids is 1. The van der Waals surface area contributed by atoms with E-state index in [1.807, 2.05) is 148 Å². The van der Waals surface area contributed by atoms with Crippen LogP contribution in [-0.4, -0.2) is 30.2 Å². The summed E-state index contributed by atoms with van der Waals surface area (Å²) in [6, 6.07) is 38.8. The highest BCUT2D eigenvalue weighted by Gasteiger charge is 2.25. The molecule has 0 saturated heterocycles. The van der Waals surface area contributed by atoms with Crippen molar-refractivity contribution >= 4 is 63.2 Å². The van der Waals surface area contributed by atoms with Gasteiger partial charge in [0.25, 0.3) is 0 Å². The summed E-state index contributed by atoms with van der Waals surface area (Å²) in [5, 5.41) is 13.2. The smallest absolute Gasteiger partial charge is 0.175 e. The van der Waals surface area contributed by atoms with E-state index in [2.05, 4.69) is 56.8 Å². The van der Waals surface area contributed by atoms with Crippen LogP contribution < -0.4 is 30.7 Å². The van der Waals surface area contributed by atoms with Gasteiger partial charge in [-0.05, 0) is 154 Å². The zero-order valence-electron chi connectivity index (χ0n) is 47.2. The molecule has 7 aromatic carbocycles. The lowest BCUT2D eigenvalue weighted by Crippen LogP contribution is -2.20. The maximum absolute atomic E-state index is 17.4. The lowest BCUT2D eigenvalue weighted by molar-refractivity contribution is -0.117. The van der Waals surface area contributed by atoms with E-state index in [1.54, 1.807) is 62.8 Å². The molecule has 0 unspecified atom stereocenters. The Bertz CT molecular complexity index is 3520. The molecule has 80 heavy (non-hydrogen) atoms. The maximum Gasteiger partial charge on any atom is 0.175 e. The number of ether oxygens (including phenoxy) is 2. The monoisotopic (exact) mass is 1110 g/mol. The van der Waals surface area contributed by atoms with Crippen LogP contribution in [0.25, 0.3) is 0 Å². The number of thiocarbonyl (C=S) groups is 2. The normalized spacial score (nSPS) is 11.1. The van der Waals surface area contributed by atoms with Crippen LogP contribution in [0.15, 0.2) is 127 Å². The summed E-state index contributed by atoms with van der Waals surface area (Å²) < 4.78 is 62.8. The van der Waals surface area contributed by atoms with Gasteiger partial charge in [-0.3, -0.25) is 4.79 Å². The molecule has 0 aliphatic carbocycles. The quantitative estimate of drug-likeness (QED) is 0.0791. The number of anilines is 4. The maximum atomic E-state index is 17.4. The Hall–Kier alpha value is -8.34. The summed E-state index contributed by atoms with van der Waals surface area (Å²) in [5.41, 5.74) is 5.21. The Morgan fingerprint density at radius 3 is 1.23 bits per heavy atom. The summed E-state index contributed by atoms with van der Waals surface area (Å²) in [6.07, 6.45) is 0.119. The Labute approximate surface area is 480 Å². The first-order chi connectivity index (χ1) is 37.8. The standard InChI is InChI=1S/C68H65F3N4O3S2/c1-42-13-24-51(25-14-42)72-64(79)74-59-35-22-49(67(5,6)7)39-46(59)19-33-57-61(69)56(32-18-44-38-48(66(2,3)4)21-17-45(44)41-53(76)37-43-15-28-54(77-11)29-16-43)62(70)58(63(57)71)34-20-47-40-50(68(8,9)10)23-36-60(47)75-65(80)73-52-26-30-55(78-12)31-27-52/h13-17,21-31,35-36,38-40H,37,41H2,1-12H3,(H2,72,74,79)(H2,73,75,80). The highest BCUT2D eigenvalue weighted by molar-refractivity contribution is 7.81. The number of aryl methyl sites for hydroxylation is 1. The highest BCUT2D eigenvalue weighted by Crippen LogP contribution is 2.32. The van der Waals surface area contributed by atoms with E-state index in [-0.39, 0.29) is 45.1 Å². The molecular weight excluding hydrogens is 1040 g/mol. The van der Waals surface area contributed by atoms with Gasteiger partial charge >= 0.3 is 0 Å². The molecule has 408 valence electrons. The lowest BCUT2D eigenvalue weighted by atomic mass is 9.84. The van der Waals surface area contributed by atoms with Crippen LogP contribution in [0.4, 0.5) is 35.9 Å². The van der Waals surface area contributed by atoms with Gasteiger partial charge in [-0.25, -0.2) is 13.2 Å². The van der Waals surface area contributed by atoms with Crippen LogP contribution in [0.3, 0.4) is 0 Å². The van der Waals surface area contributed by atoms with E-state index in [0.29, 0.717) is 50.8 Å². The number of carbonyl (C=O) groups is 1. The van der Waals surface area contributed by atoms with E-state index in [9.17, 15) is 4.79 Å². The van der Waals surface area contributed by atoms with Crippen LogP contribution in [0.1, 0.15) is 129 Å². The molecule has 4 N–H and O–H groups in total. The number of benzene rings is 7. The molecule has 0 aliphatic heterocycles. The van der Waals surface area contributed by atoms with Crippen molar-refractivity contribution in [2.75, 3.05) is 35.5 Å². The molecule has 0 saturated carbocycles.